The van der Waals surface area contributed by atoms with Crippen LogP contribution in [0.25, 0.3) is 11.1 Å². The normalized spacial score (nSPS) is 19.2. The Labute approximate surface area is 277 Å². The first kappa shape index (κ1) is 32.2. The topological polar surface area (TPSA) is 93.0 Å². The van der Waals surface area contributed by atoms with Crippen LogP contribution < -0.4 is 20.0 Å². The molecule has 0 bridgehead atoms. The molecular formula is C34H39F3N8O3. The first-order valence-corrected chi connectivity index (χ1v) is 16.2. The summed E-state index contributed by atoms with van der Waals surface area (Å²) in [6.07, 6.45) is 5.48. The molecule has 0 aliphatic carbocycles. The number of likely N-dealkylation sites (tertiary alicyclic amines) is 1. The van der Waals surface area contributed by atoms with Crippen LogP contribution in [0.1, 0.15) is 30.9 Å². The van der Waals surface area contributed by atoms with Crippen LogP contribution in [0.5, 0.6) is 5.75 Å². The van der Waals surface area contributed by atoms with E-state index in [-0.39, 0.29) is 5.56 Å². The van der Waals surface area contributed by atoms with Gasteiger partial charge in [-0.1, -0.05) is 12.1 Å². The Bertz CT molecular complexity index is 1760. The fourth-order valence-electron chi connectivity index (χ4n) is 7.11. The van der Waals surface area contributed by atoms with Gasteiger partial charge in [-0.05, 0) is 25.0 Å². The molecule has 0 saturated carbocycles. The Kier molecular flexibility index (Phi) is 9.12. The van der Waals surface area contributed by atoms with Gasteiger partial charge < -0.3 is 19.7 Å². The molecule has 2 aromatic heterocycles. The molecule has 1 N–H and O–H groups in total. The third-order valence-electron chi connectivity index (χ3n) is 9.49. The number of hydrogen-bond donors (Lipinski definition) is 1. The van der Waals surface area contributed by atoms with Gasteiger partial charge in [-0.25, -0.2) is 23.8 Å². The van der Waals surface area contributed by atoms with Gasteiger partial charge in [0.1, 0.15) is 17.9 Å². The molecule has 254 valence electrons. The lowest BCUT2D eigenvalue weighted by Gasteiger charge is -2.47. The molecule has 1 atom stereocenters. The van der Waals surface area contributed by atoms with E-state index in [2.05, 4.69) is 30.2 Å². The average molecular weight is 665 g/mol. The third-order valence-corrected chi connectivity index (χ3v) is 9.49. The van der Waals surface area contributed by atoms with Crippen molar-refractivity contribution in [3.8, 4) is 16.9 Å². The van der Waals surface area contributed by atoms with Gasteiger partial charge in [0.15, 0.2) is 17.5 Å². The van der Waals surface area contributed by atoms with Crippen molar-refractivity contribution in [3.63, 3.8) is 0 Å². The van der Waals surface area contributed by atoms with Crippen molar-refractivity contribution in [1.29, 1.82) is 0 Å². The second-order valence-corrected chi connectivity index (χ2v) is 12.6. The molecule has 3 aliphatic heterocycles. The van der Waals surface area contributed by atoms with Crippen molar-refractivity contribution >= 4 is 23.0 Å². The van der Waals surface area contributed by atoms with Crippen molar-refractivity contribution in [2.45, 2.75) is 31.3 Å². The molecule has 0 amide bonds. The summed E-state index contributed by atoms with van der Waals surface area (Å²) in [5.74, 6) is -0.484. The van der Waals surface area contributed by atoms with Crippen molar-refractivity contribution < 1.29 is 27.5 Å². The summed E-state index contributed by atoms with van der Waals surface area (Å²) in [4.78, 5) is 19.4. The molecule has 4 aromatic rings. The van der Waals surface area contributed by atoms with Crippen LogP contribution in [0.3, 0.4) is 0 Å². The van der Waals surface area contributed by atoms with Gasteiger partial charge in [-0.15, -0.1) is 5.10 Å². The van der Waals surface area contributed by atoms with E-state index in [4.69, 9.17) is 14.3 Å². The highest BCUT2D eigenvalue weighted by atomic mass is 19.2. The first-order valence-electron chi connectivity index (χ1n) is 16.2. The number of ether oxygens (including phenoxy) is 2. The molecule has 11 nitrogen and oxygen atoms in total. The molecule has 0 spiro atoms. The van der Waals surface area contributed by atoms with Gasteiger partial charge in [0.25, 0.3) is 0 Å². The lowest BCUT2D eigenvalue weighted by Crippen LogP contribution is -2.56. The number of rotatable bonds is 10. The summed E-state index contributed by atoms with van der Waals surface area (Å²) in [5.41, 5.74) is 2.64. The molecule has 14 heteroatoms. The smallest absolute Gasteiger partial charge is 0.240 e. The van der Waals surface area contributed by atoms with Crippen LogP contribution in [0.2, 0.25) is 0 Å². The minimum Gasteiger partial charge on any atom is -0.494 e. The number of anilines is 4. The van der Waals surface area contributed by atoms with E-state index in [0.717, 1.165) is 57.4 Å². The Balaban J connectivity index is 1.16. The minimum atomic E-state index is -0.919. The molecule has 3 saturated heterocycles. The molecular weight excluding hydrogens is 625 g/mol. The van der Waals surface area contributed by atoms with Gasteiger partial charge >= 0.3 is 0 Å². The van der Waals surface area contributed by atoms with Crippen LogP contribution in [-0.2, 0) is 16.6 Å². The Morgan fingerprint density at radius 3 is 2.54 bits per heavy atom. The number of nitrogens with one attached hydrogen (secondary N) is 1. The maximum Gasteiger partial charge on any atom is 0.240 e. The molecule has 3 aliphatic rings. The van der Waals surface area contributed by atoms with Crippen molar-refractivity contribution in [2.75, 3.05) is 68.9 Å². The second kappa shape index (κ2) is 13.6. The van der Waals surface area contributed by atoms with Crippen LogP contribution in [-0.4, -0.2) is 84.3 Å². The monoisotopic (exact) mass is 664 g/mol. The summed E-state index contributed by atoms with van der Waals surface area (Å²) in [5, 5.41) is 8.76. The predicted octanol–water partition coefficient (Wildman–Crippen LogP) is 5.48. The Morgan fingerprint density at radius 1 is 1.00 bits per heavy atom. The lowest BCUT2D eigenvalue weighted by molar-refractivity contribution is -0.000657. The Morgan fingerprint density at radius 2 is 1.81 bits per heavy atom. The van der Waals surface area contributed by atoms with Crippen LogP contribution in [0.15, 0.2) is 48.9 Å². The van der Waals surface area contributed by atoms with E-state index in [0.29, 0.717) is 59.2 Å². The van der Waals surface area contributed by atoms with E-state index in [1.54, 1.807) is 39.6 Å². The number of hydroxylamine groups is 1. The zero-order chi connectivity index (χ0) is 33.4. The number of halogens is 3. The zero-order valence-electron chi connectivity index (χ0n) is 27.2. The maximum absolute atomic E-state index is 15.3. The van der Waals surface area contributed by atoms with Gasteiger partial charge in [0.2, 0.25) is 5.95 Å². The summed E-state index contributed by atoms with van der Waals surface area (Å²) >= 11 is 0. The summed E-state index contributed by atoms with van der Waals surface area (Å²) in [6, 6.07) is 9.48. The predicted molar refractivity (Wildman–Crippen MR) is 175 cm³/mol. The number of nitrogens with zero attached hydrogens (tertiary/aromatic N) is 7. The summed E-state index contributed by atoms with van der Waals surface area (Å²) in [7, 11) is 5.03. The summed E-state index contributed by atoms with van der Waals surface area (Å²) in [6.45, 7) is 4.88. The van der Waals surface area contributed by atoms with Crippen LogP contribution in [0, 0.1) is 23.5 Å². The van der Waals surface area contributed by atoms with E-state index >= 15 is 4.39 Å². The number of aryl methyl sites for hydroxylation is 1. The number of methoxy groups -OCH3 is 2. The van der Waals surface area contributed by atoms with Crippen molar-refractivity contribution in [1.82, 2.24) is 24.6 Å². The highest BCUT2D eigenvalue weighted by Crippen LogP contribution is 2.43. The van der Waals surface area contributed by atoms with Gasteiger partial charge in [-0.3, -0.25) is 14.4 Å². The molecule has 5 heterocycles. The molecule has 48 heavy (non-hydrogen) atoms. The molecule has 2 aromatic carbocycles. The van der Waals surface area contributed by atoms with Gasteiger partial charge in [0, 0.05) is 93.9 Å². The van der Waals surface area contributed by atoms with E-state index in [9.17, 15) is 8.78 Å². The fraction of sp³-hybridized carbons (Fsp3) is 0.441. The maximum atomic E-state index is 15.3. The van der Waals surface area contributed by atoms with Crippen LogP contribution in [0.4, 0.5) is 36.2 Å². The summed E-state index contributed by atoms with van der Waals surface area (Å²) < 4.78 is 56.7. The molecule has 0 unspecified atom stereocenters. The van der Waals surface area contributed by atoms with Gasteiger partial charge in [-0.2, -0.15) is 4.39 Å². The van der Waals surface area contributed by atoms with E-state index in [1.165, 1.54) is 22.1 Å². The number of aromatic nitrogens is 4. The van der Waals surface area contributed by atoms with E-state index in [1.807, 2.05) is 12.1 Å². The van der Waals surface area contributed by atoms with Gasteiger partial charge in [0.05, 0.1) is 37.6 Å². The van der Waals surface area contributed by atoms with Crippen LogP contribution >= 0.6 is 0 Å². The molecule has 0 radical (unpaired) electrons. The first-order chi connectivity index (χ1) is 23.3. The number of benzene rings is 2. The zero-order valence-corrected chi connectivity index (χ0v) is 27.2. The number of piperidine rings is 1. The SMILES string of the molecule is COCC1CN(C2CCN(c3cc(OC)c(Nc4cc(N5OCC[C@@H]5c5cccc(F)c5F)ncn4)cc3-c3cn(C)nc3F)CC2)C1. The lowest BCUT2D eigenvalue weighted by atomic mass is 9.93. The largest absolute Gasteiger partial charge is 0.494 e. The quantitative estimate of drug-likeness (QED) is 0.235. The average Bonchev–Trinajstić information content (AvgIpc) is 3.70. The highest BCUT2D eigenvalue weighted by Gasteiger charge is 2.35. The third kappa shape index (κ3) is 6.27. The molecule has 3 fully saturated rings. The molecule has 7 rings (SSSR count). The van der Waals surface area contributed by atoms with Crippen molar-refractivity contribution in [3.05, 3.63) is 72.1 Å². The Hall–Kier alpha value is -4.40. The standard InChI is InChI=1S/C34H39F3N8O3/c1-42-18-25(34(37)41-42)24-13-27(30(47-3)14-29(24)43-10-7-22(8-11-43)44-16-21(17-44)19-46-2)40-31-15-32(39-20-38-31)45-28(9-12-48-45)23-5-4-6-26(35)33(23)36/h4-6,13-15,18,20-22,28H,7-12,16-17,19H2,1-3H3,(H,38,39,40)/t28-/m1/s1. The minimum absolute atomic E-state index is 0.185. The fourth-order valence-corrected chi connectivity index (χ4v) is 7.11. The van der Waals surface area contributed by atoms with Crippen molar-refractivity contribution in [2.24, 2.45) is 13.0 Å². The van der Waals surface area contributed by atoms with E-state index < -0.39 is 23.6 Å². The number of hydrogen-bond acceptors (Lipinski definition) is 10. The second-order valence-electron chi connectivity index (χ2n) is 12.6. The highest BCUT2D eigenvalue weighted by molar-refractivity contribution is 5.86.